The summed E-state index contributed by atoms with van der Waals surface area (Å²) in [5.74, 6) is 1.02. The molecule has 0 unspecified atom stereocenters. The van der Waals surface area contributed by atoms with Gasteiger partial charge >= 0.3 is 10.1 Å². The van der Waals surface area contributed by atoms with Crippen molar-refractivity contribution in [2.75, 3.05) is 7.11 Å². The van der Waals surface area contributed by atoms with E-state index in [2.05, 4.69) is 0 Å². The number of hydrogen-bond acceptors (Lipinski definition) is 4. The van der Waals surface area contributed by atoms with Crippen LogP contribution < -0.4 is 4.74 Å². The monoisotopic (exact) mass is 408 g/mol. The van der Waals surface area contributed by atoms with Crippen molar-refractivity contribution < 1.29 is 17.3 Å². The van der Waals surface area contributed by atoms with Crippen molar-refractivity contribution in [1.29, 1.82) is 0 Å². The smallest absolute Gasteiger partial charge is 0.339 e. The highest BCUT2D eigenvalue weighted by atomic mass is 32.2. The molecule has 0 amide bonds. The summed E-state index contributed by atoms with van der Waals surface area (Å²) in [6, 6.07) is 23.4. The second kappa shape index (κ2) is 8.97. The van der Waals surface area contributed by atoms with Gasteiger partial charge in [-0.25, -0.2) is 0 Å². The highest BCUT2D eigenvalue weighted by Gasteiger charge is 2.22. The van der Waals surface area contributed by atoms with E-state index < -0.39 is 10.1 Å². The average molecular weight is 409 g/mol. The topological polar surface area (TPSA) is 52.6 Å². The Kier molecular flexibility index (Phi) is 6.39. The number of allylic oxidation sites excluding steroid dienone is 1. The fourth-order valence-corrected chi connectivity index (χ4v) is 4.01. The number of ether oxygens (including phenoxy) is 1. The summed E-state index contributed by atoms with van der Waals surface area (Å²) in [7, 11) is -2.39. The third-order valence-electron chi connectivity index (χ3n) is 4.58. The van der Waals surface area contributed by atoms with Gasteiger partial charge in [0.15, 0.2) is 5.76 Å². The molecule has 0 heterocycles. The van der Waals surface area contributed by atoms with E-state index in [0.29, 0.717) is 23.5 Å². The van der Waals surface area contributed by atoms with Gasteiger partial charge in [0, 0.05) is 11.1 Å². The summed E-state index contributed by atoms with van der Waals surface area (Å²) >= 11 is 0. The highest BCUT2D eigenvalue weighted by Crippen LogP contribution is 2.34. The third kappa shape index (κ3) is 4.87. The molecule has 0 atom stereocenters. The molecule has 0 fully saturated rings. The van der Waals surface area contributed by atoms with Crippen LogP contribution in [-0.2, 0) is 14.3 Å². The lowest BCUT2D eigenvalue weighted by Gasteiger charge is -2.17. The summed E-state index contributed by atoms with van der Waals surface area (Å²) < 4.78 is 37.1. The molecule has 0 aromatic heterocycles. The zero-order chi connectivity index (χ0) is 20.9. The van der Waals surface area contributed by atoms with E-state index in [1.807, 2.05) is 68.4 Å². The number of benzene rings is 3. The van der Waals surface area contributed by atoms with Crippen LogP contribution in [0, 0.1) is 6.92 Å². The number of aryl methyl sites for hydroxylation is 1. The van der Waals surface area contributed by atoms with Crippen LogP contribution in [0.5, 0.6) is 5.75 Å². The number of hydrogen-bond donors (Lipinski definition) is 0. The van der Waals surface area contributed by atoms with Crippen molar-refractivity contribution in [3.8, 4) is 5.75 Å². The highest BCUT2D eigenvalue weighted by molar-refractivity contribution is 7.87. The Labute approximate surface area is 172 Å². The van der Waals surface area contributed by atoms with E-state index in [1.165, 1.54) is 0 Å². The molecule has 3 aromatic rings. The minimum atomic E-state index is -3.99. The molecule has 0 aliphatic carbocycles. The Morgan fingerprint density at radius 3 is 2.14 bits per heavy atom. The van der Waals surface area contributed by atoms with Crippen molar-refractivity contribution >= 4 is 21.5 Å². The van der Waals surface area contributed by atoms with Crippen molar-refractivity contribution in [2.24, 2.45) is 0 Å². The number of rotatable bonds is 7. The van der Waals surface area contributed by atoms with Gasteiger partial charge in [-0.05, 0) is 43.2 Å². The molecule has 0 saturated carbocycles. The molecule has 5 heteroatoms. The first-order valence-corrected chi connectivity index (χ1v) is 10.8. The molecular formula is C24H24O4S. The first kappa shape index (κ1) is 20.7. The lowest BCUT2D eigenvalue weighted by molar-refractivity contribution is 0.414. The van der Waals surface area contributed by atoms with Crippen LogP contribution >= 0.6 is 0 Å². The third-order valence-corrected chi connectivity index (χ3v) is 5.82. The molecule has 3 aromatic carbocycles. The summed E-state index contributed by atoms with van der Waals surface area (Å²) in [4.78, 5) is 0.123. The maximum absolute atomic E-state index is 13.0. The van der Waals surface area contributed by atoms with E-state index in [1.54, 1.807) is 31.4 Å². The van der Waals surface area contributed by atoms with Crippen molar-refractivity contribution in [3.63, 3.8) is 0 Å². The molecule has 0 aliphatic heterocycles. The Balaban J connectivity index is 2.16. The zero-order valence-corrected chi connectivity index (χ0v) is 17.6. The molecule has 0 radical (unpaired) electrons. The van der Waals surface area contributed by atoms with Crippen molar-refractivity contribution in [1.82, 2.24) is 0 Å². The second-order valence-corrected chi connectivity index (χ2v) is 8.16. The van der Waals surface area contributed by atoms with Crippen LogP contribution in [-0.4, -0.2) is 15.5 Å². The fourth-order valence-electron chi connectivity index (χ4n) is 3.03. The minimum absolute atomic E-state index is 0.123. The first-order chi connectivity index (χ1) is 13.9. The van der Waals surface area contributed by atoms with Gasteiger partial charge in [0.25, 0.3) is 0 Å². The Hall–Kier alpha value is -3.05. The Morgan fingerprint density at radius 2 is 1.52 bits per heavy atom. The summed E-state index contributed by atoms with van der Waals surface area (Å²) in [6.07, 6.45) is 0.584. The van der Waals surface area contributed by atoms with Gasteiger partial charge < -0.3 is 8.92 Å². The van der Waals surface area contributed by atoms with Gasteiger partial charge in [-0.3, -0.25) is 0 Å². The maximum Gasteiger partial charge on any atom is 0.339 e. The molecule has 0 saturated heterocycles. The molecule has 3 rings (SSSR count). The van der Waals surface area contributed by atoms with E-state index >= 15 is 0 Å². The quantitative estimate of drug-likeness (QED) is 0.286. The molecule has 0 bridgehead atoms. The van der Waals surface area contributed by atoms with Crippen LogP contribution in [0.25, 0.3) is 11.3 Å². The van der Waals surface area contributed by atoms with Gasteiger partial charge in [0.1, 0.15) is 10.6 Å². The lowest BCUT2D eigenvalue weighted by Crippen LogP contribution is -2.08. The molecule has 0 N–H and O–H groups in total. The fraction of sp³-hybridized carbons (Fsp3) is 0.167. The zero-order valence-electron chi connectivity index (χ0n) is 16.8. The summed E-state index contributed by atoms with van der Waals surface area (Å²) in [6.45, 7) is 3.88. The first-order valence-electron chi connectivity index (χ1n) is 9.38. The minimum Gasteiger partial charge on any atom is -0.497 e. The largest absolute Gasteiger partial charge is 0.497 e. The Bertz CT molecular complexity index is 1100. The lowest BCUT2D eigenvalue weighted by atomic mass is 9.98. The SMILES string of the molecule is CC/C(=C(\OS(=O)(=O)c1ccc(C)cc1)c1ccccc1)c1cccc(OC)c1. The van der Waals surface area contributed by atoms with Gasteiger partial charge in [0.2, 0.25) is 0 Å². The van der Waals surface area contributed by atoms with E-state index in [0.717, 1.165) is 16.7 Å². The predicted octanol–water partition coefficient (Wildman–Crippen LogP) is 5.69. The van der Waals surface area contributed by atoms with Gasteiger partial charge in [-0.2, -0.15) is 8.42 Å². The second-order valence-electron chi connectivity index (χ2n) is 6.61. The van der Waals surface area contributed by atoms with E-state index in [-0.39, 0.29) is 4.90 Å². The number of methoxy groups -OCH3 is 1. The van der Waals surface area contributed by atoms with Crippen LogP contribution in [0.4, 0.5) is 0 Å². The van der Waals surface area contributed by atoms with Gasteiger partial charge in [-0.15, -0.1) is 0 Å². The predicted molar refractivity (Wildman–Crippen MR) is 116 cm³/mol. The van der Waals surface area contributed by atoms with E-state index in [9.17, 15) is 8.42 Å². The molecule has 29 heavy (non-hydrogen) atoms. The average Bonchev–Trinajstić information content (AvgIpc) is 2.74. The van der Waals surface area contributed by atoms with Gasteiger partial charge in [-0.1, -0.05) is 67.1 Å². The molecular weight excluding hydrogens is 384 g/mol. The van der Waals surface area contributed by atoms with E-state index in [4.69, 9.17) is 8.92 Å². The van der Waals surface area contributed by atoms with Crippen LogP contribution in [0.2, 0.25) is 0 Å². The maximum atomic E-state index is 13.0. The van der Waals surface area contributed by atoms with Gasteiger partial charge in [0.05, 0.1) is 7.11 Å². The molecule has 4 nitrogen and oxygen atoms in total. The molecule has 0 aliphatic rings. The summed E-state index contributed by atoms with van der Waals surface area (Å²) in [5.41, 5.74) is 3.31. The van der Waals surface area contributed by atoms with Crippen LogP contribution in [0.15, 0.2) is 83.8 Å². The molecule has 0 spiro atoms. The Morgan fingerprint density at radius 1 is 0.862 bits per heavy atom. The standard InChI is InChI=1S/C24H24O4S/c1-4-23(20-11-8-12-21(17-20)27-3)24(19-9-6-5-7-10-19)28-29(25,26)22-15-13-18(2)14-16-22/h5-17H,4H2,1-3H3/b24-23+. The van der Waals surface area contributed by atoms with Crippen LogP contribution in [0.1, 0.15) is 30.0 Å². The van der Waals surface area contributed by atoms with Crippen molar-refractivity contribution in [3.05, 3.63) is 95.6 Å². The summed E-state index contributed by atoms with van der Waals surface area (Å²) in [5, 5.41) is 0. The van der Waals surface area contributed by atoms with Crippen LogP contribution in [0.3, 0.4) is 0 Å². The normalized spacial score (nSPS) is 12.2. The molecule has 150 valence electrons. The van der Waals surface area contributed by atoms with Crippen molar-refractivity contribution in [2.45, 2.75) is 25.2 Å².